The number of aryl methyl sites for hydroxylation is 2. The molecule has 0 radical (unpaired) electrons. The highest BCUT2D eigenvalue weighted by molar-refractivity contribution is 5.46. The van der Waals surface area contributed by atoms with E-state index in [9.17, 15) is 0 Å². The van der Waals surface area contributed by atoms with E-state index < -0.39 is 0 Å². The fourth-order valence-electron chi connectivity index (χ4n) is 3.40. The van der Waals surface area contributed by atoms with Crippen molar-refractivity contribution in [1.82, 2.24) is 5.32 Å². The minimum atomic E-state index is 0.408. The second-order valence-corrected chi connectivity index (χ2v) is 7.53. The molecule has 0 spiro atoms. The minimum absolute atomic E-state index is 0.408. The van der Waals surface area contributed by atoms with Crippen molar-refractivity contribution >= 4 is 0 Å². The molecule has 0 aromatic heterocycles. The van der Waals surface area contributed by atoms with Crippen molar-refractivity contribution in [2.24, 2.45) is 0 Å². The van der Waals surface area contributed by atoms with Gasteiger partial charge in [0.1, 0.15) is 6.61 Å². The molecule has 1 N–H and O–H groups in total. The number of methoxy groups -OCH3 is 1. The van der Waals surface area contributed by atoms with Gasteiger partial charge in [0.15, 0.2) is 11.5 Å². The maximum atomic E-state index is 6.20. The Morgan fingerprint density at radius 2 is 1.66 bits per heavy atom. The summed E-state index contributed by atoms with van der Waals surface area (Å²) in [5.41, 5.74) is 4.89. The van der Waals surface area contributed by atoms with Crippen molar-refractivity contribution in [3.05, 3.63) is 95.1 Å². The molecule has 0 saturated carbocycles. The lowest BCUT2D eigenvalue weighted by molar-refractivity contribution is 0.280. The van der Waals surface area contributed by atoms with Crippen LogP contribution in [0.25, 0.3) is 0 Å². The number of benzene rings is 3. The first-order chi connectivity index (χ1) is 14.2. The Labute approximate surface area is 174 Å². The van der Waals surface area contributed by atoms with Crippen molar-refractivity contribution < 1.29 is 9.47 Å². The van der Waals surface area contributed by atoms with Crippen LogP contribution in [0.3, 0.4) is 0 Å². The van der Waals surface area contributed by atoms with Gasteiger partial charge in [-0.05, 0) is 43.9 Å². The highest BCUT2D eigenvalue weighted by atomic mass is 16.5. The number of hydrogen-bond donors (Lipinski definition) is 1. The molecule has 29 heavy (non-hydrogen) atoms. The van der Waals surface area contributed by atoms with Gasteiger partial charge in [0.05, 0.1) is 7.11 Å². The van der Waals surface area contributed by atoms with Crippen molar-refractivity contribution in [2.45, 2.75) is 45.9 Å². The van der Waals surface area contributed by atoms with Gasteiger partial charge in [-0.15, -0.1) is 0 Å². The molecule has 3 rings (SSSR count). The van der Waals surface area contributed by atoms with Crippen LogP contribution in [-0.2, 0) is 19.6 Å². The quantitative estimate of drug-likeness (QED) is 0.483. The van der Waals surface area contributed by atoms with Crippen molar-refractivity contribution in [3.63, 3.8) is 0 Å². The summed E-state index contributed by atoms with van der Waals surface area (Å²) >= 11 is 0. The summed E-state index contributed by atoms with van der Waals surface area (Å²) in [5, 5.41) is 3.63. The van der Waals surface area contributed by atoms with Gasteiger partial charge in [-0.1, -0.05) is 72.3 Å². The summed E-state index contributed by atoms with van der Waals surface area (Å²) in [6, 6.07) is 25.5. The molecule has 0 fully saturated rings. The predicted molar refractivity (Wildman–Crippen MR) is 120 cm³/mol. The van der Waals surface area contributed by atoms with Gasteiger partial charge in [-0.2, -0.15) is 0 Å². The molecule has 0 aliphatic carbocycles. The van der Waals surface area contributed by atoms with Crippen LogP contribution in [-0.4, -0.2) is 13.2 Å². The van der Waals surface area contributed by atoms with Gasteiger partial charge in [0, 0.05) is 18.2 Å². The van der Waals surface area contributed by atoms with Crippen molar-refractivity contribution in [1.29, 1.82) is 0 Å². The number of hydrogen-bond acceptors (Lipinski definition) is 3. The second-order valence-electron chi connectivity index (χ2n) is 7.53. The molecule has 0 amide bonds. The van der Waals surface area contributed by atoms with E-state index >= 15 is 0 Å². The van der Waals surface area contributed by atoms with Gasteiger partial charge in [-0.3, -0.25) is 0 Å². The Kier molecular flexibility index (Phi) is 7.71. The first-order valence-corrected chi connectivity index (χ1v) is 10.3. The van der Waals surface area contributed by atoms with Crippen LogP contribution in [0, 0.1) is 6.92 Å². The number of para-hydroxylation sites is 1. The lowest BCUT2D eigenvalue weighted by atomic mass is 10.1. The summed E-state index contributed by atoms with van der Waals surface area (Å²) in [5.74, 6) is 1.59. The Hall–Kier alpha value is -2.78. The summed E-state index contributed by atoms with van der Waals surface area (Å²) < 4.78 is 11.8. The Morgan fingerprint density at radius 3 is 2.41 bits per heavy atom. The predicted octanol–water partition coefficient (Wildman–Crippen LogP) is 5.69. The van der Waals surface area contributed by atoms with Crippen LogP contribution in [0.5, 0.6) is 11.5 Å². The summed E-state index contributed by atoms with van der Waals surface area (Å²) in [6.07, 6.45) is 2.16. The highest BCUT2D eigenvalue weighted by Crippen LogP contribution is 2.32. The molecule has 152 valence electrons. The molecule has 1 unspecified atom stereocenters. The van der Waals surface area contributed by atoms with E-state index in [1.165, 1.54) is 11.1 Å². The molecule has 3 aromatic rings. The Morgan fingerprint density at radius 1 is 0.897 bits per heavy atom. The zero-order chi connectivity index (χ0) is 20.5. The zero-order valence-corrected chi connectivity index (χ0v) is 17.7. The lowest BCUT2D eigenvalue weighted by Crippen LogP contribution is -2.26. The third-order valence-electron chi connectivity index (χ3n) is 5.10. The van der Waals surface area contributed by atoms with Gasteiger partial charge >= 0.3 is 0 Å². The van der Waals surface area contributed by atoms with E-state index in [1.54, 1.807) is 7.11 Å². The average Bonchev–Trinajstić information content (AvgIpc) is 2.75. The topological polar surface area (TPSA) is 30.5 Å². The smallest absolute Gasteiger partial charge is 0.166 e. The number of rotatable bonds is 10. The van der Waals surface area contributed by atoms with Crippen LogP contribution >= 0.6 is 0 Å². The van der Waals surface area contributed by atoms with Gasteiger partial charge in [0.2, 0.25) is 0 Å². The fourth-order valence-corrected chi connectivity index (χ4v) is 3.40. The average molecular weight is 390 g/mol. The van der Waals surface area contributed by atoms with Gasteiger partial charge in [0.25, 0.3) is 0 Å². The molecule has 1 atom stereocenters. The van der Waals surface area contributed by atoms with E-state index in [0.717, 1.165) is 42.0 Å². The normalized spacial score (nSPS) is 11.8. The molecule has 3 nitrogen and oxygen atoms in total. The standard InChI is InChI=1S/C26H31NO2/c1-20-9-7-12-23(17-20)19-29-26-24(13-8-14-25(26)28-3)18-27-21(2)15-16-22-10-5-4-6-11-22/h4-14,17,21,27H,15-16,18-19H2,1-3H3. The zero-order valence-electron chi connectivity index (χ0n) is 17.7. The summed E-state index contributed by atoms with van der Waals surface area (Å²) in [7, 11) is 1.69. The van der Waals surface area contributed by atoms with Gasteiger partial charge < -0.3 is 14.8 Å². The van der Waals surface area contributed by atoms with Crippen LogP contribution in [0.4, 0.5) is 0 Å². The highest BCUT2D eigenvalue weighted by Gasteiger charge is 2.12. The molecule has 0 aliphatic heterocycles. The first-order valence-electron chi connectivity index (χ1n) is 10.3. The second kappa shape index (κ2) is 10.7. The Balaban J connectivity index is 1.60. The third-order valence-corrected chi connectivity index (χ3v) is 5.10. The van der Waals surface area contributed by atoms with Crippen LogP contribution in [0.15, 0.2) is 72.8 Å². The van der Waals surface area contributed by atoms with Crippen LogP contribution < -0.4 is 14.8 Å². The van der Waals surface area contributed by atoms with Crippen molar-refractivity contribution in [2.75, 3.05) is 7.11 Å². The summed E-state index contributed by atoms with van der Waals surface area (Å²) in [4.78, 5) is 0. The Bertz CT molecular complexity index is 892. The van der Waals surface area contributed by atoms with Crippen molar-refractivity contribution in [3.8, 4) is 11.5 Å². The monoisotopic (exact) mass is 389 g/mol. The fraction of sp³-hybridized carbons (Fsp3) is 0.308. The molecule has 3 heteroatoms. The summed E-state index contributed by atoms with van der Waals surface area (Å²) in [6.45, 7) is 5.60. The van der Waals surface area contributed by atoms with E-state index in [0.29, 0.717) is 12.6 Å². The van der Waals surface area contributed by atoms with Gasteiger partial charge in [-0.25, -0.2) is 0 Å². The molecule has 0 bridgehead atoms. The molecule has 3 aromatic carbocycles. The maximum Gasteiger partial charge on any atom is 0.166 e. The number of nitrogens with one attached hydrogen (secondary N) is 1. The first kappa shape index (κ1) is 20.9. The molecular formula is C26H31NO2. The van der Waals surface area contributed by atoms with Crippen LogP contribution in [0.1, 0.15) is 35.6 Å². The molecule has 0 aliphatic rings. The maximum absolute atomic E-state index is 6.20. The van der Waals surface area contributed by atoms with E-state index in [1.807, 2.05) is 12.1 Å². The van der Waals surface area contributed by atoms with Crippen LogP contribution in [0.2, 0.25) is 0 Å². The SMILES string of the molecule is COc1cccc(CNC(C)CCc2ccccc2)c1OCc1cccc(C)c1. The minimum Gasteiger partial charge on any atom is -0.493 e. The largest absolute Gasteiger partial charge is 0.493 e. The molecule has 0 saturated heterocycles. The third kappa shape index (κ3) is 6.37. The molecular weight excluding hydrogens is 358 g/mol. The van der Waals surface area contributed by atoms with E-state index in [4.69, 9.17) is 9.47 Å². The van der Waals surface area contributed by atoms with E-state index in [2.05, 4.69) is 79.8 Å². The number of ether oxygens (including phenoxy) is 2. The van der Waals surface area contributed by atoms with E-state index in [-0.39, 0.29) is 0 Å². The molecule has 0 heterocycles. The lowest BCUT2D eigenvalue weighted by Gasteiger charge is -2.18.